The van der Waals surface area contributed by atoms with E-state index < -0.39 is 17.8 Å². The number of carbonyl (C=O) groups is 3. The van der Waals surface area contributed by atoms with Crippen LogP contribution in [0.3, 0.4) is 0 Å². The highest BCUT2D eigenvalue weighted by Gasteiger charge is 2.27. The number of amides is 4. The summed E-state index contributed by atoms with van der Waals surface area (Å²) >= 11 is 4.20. The Morgan fingerprint density at radius 1 is 1.00 bits per heavy atom. The molecule has 1 aromatic rings. The van der Waals surface area contributed by atoms with Gasteiger partial charge in [0.1, 0.15) is 5.57 Å². The van der Waals surface area contributed by atoms with Crippen LogP contribution in [0.1, 0.15) is 5.56 Å². The Labute approximate surface area is 102 Å². The molecule has 17 heavy (non-hydrogen) atoms. The van der Waals surface area contributed by atoms with Gasteiger partial charge in [0.2, 0.25) is 0 Å². The first kappa shape index (κ1) is 11.4. The number of carbonyl (C=O) groups excluding carboxylic acids is 3. The van der Waals surface area contributed by atoms with Gasteiger partial charge in [-0.25, -0.2) is 4.79 Å². The van der Waals surface area contributed by atoms with Crippen LogP contribution in [0.25, 0.3) is 6.08 Å². The van der Waals surface area contributed by atoms with Crippen molar-refractivity contribution in [3.8, 4) is 0 Å². The second-order valence-electron chi connectivity index (χ2n) is 3.35. The molecule has 0 atom stereocenters. The summed E-state index contributed by atoms with van der Waals surface area (Å²) in [5, 5.41) is 3.99. The molecular formula is C11H8N2O3S. The van der Waals surface area contributed by atoms with Crippen LogP contribution in [0.5, 0.6) is 0 Å². The van der Waals surface area contributed by atoms with Gasteiger partial charge in [0.15, 0.2) is 0 Å². The maximum absolute atomic E-state index is 11.4. The van der Waals surface area contributed by atoms with Gasteiger partial charge in [-0.1, -0.05) is 18.2 Å². The lowest BCUT2D eigenvalue weighted by molar-refractivity contribution is -0.123. The third-order valence-corrected chi connectivity index (χ3v) is 2.59. The summed E-state index contributed by atoms with van der Waals surface area (Å²) in [5.74, 6) is -1.43. The number of imide groups is 2. The molecule has 86 valence electrons. The van der Waals surface area contributed by atoms with E-state index in [1.54, 1.807) is 24.3 Å². The predicted molar refractivity (Wildman–Crippen MR) is 63.4 cm³/mol. The van der Waals surface area contributed by atoms with Crippen molar-refractivity contribution in [3.63, 3.8) is 0 Å². The summed E-state index contributed by atoms with van der Waals surface area (Å²) in [7, 11) is 0. The number of barbiturate groups is 1. The highest BCUT2D eigenvalue weighted by Crippen LogP contribution is 2.17. The summed E-state index contributed by atoms with van der Waals surface area (Å²) in [6, 6.07) is 6.19. The topological polar surface area (TPSA) is 75.3 Å². The molecule has 0 spiro atoms. The Bertz CT molecular complexity index is 529. The number of thiol groups is 1. The van der Waals surface area contributed by atoms with Gasteiger partial charge in [-0.3, -0.25) is 20.2 Å². The third kappa shape index (κ3) is 2.36. The molecule has 1 aromatic carbocycles. The average molecular weight is 248 g/mol. The minimum Gasteiger partial charge on any atom is -0.273 e. The molecule has 1 fully saturated rings. The molecule has 1 aliphatic heterocycles. The average Bonchev–Trinajstić information content (AvgIpc) is 2.25. The van der Waals surface area contributed by atoms with Crippen molar-refractivity contribution in [1.29, 1.82) is 0 Å². The van der Waals surface area contributed by atoms with Crippen LogP contribution in [0, 0.1) is 0 Å². The van der Waals surface area contributed by atoms with Gasteiger partial charge in [0.25, 0.3) is 11.8 Å². The zero-order chi connectivity index (χ0) is 12.4. The second-order valence-corrected chi connectivity index (χ2v) is 3.84. The van der Waals surface area contributed by atoms with Crippen molar-refractivity contribution in [1.82, 2.24) is 10.6 Å². The fraction of sp³-hybridized carbons (Fsp3) is 0. The largest absolute Gasteiger partial charge is 0.328 e. The maximum atomic E-state index is 11.4. The molecule has 1 heterocycles. The van der Waals surface area contributed by atoms with E-state index in [2.05, 4.69) is 12.6 Å². The quantitative estimate of drug-likeness (QED) is 0.389. The van der Waals surface area contributed by atoms with E-state index in [1.165, 1.54) is 6.08 Å². The molecule has 6 heteroatoms. The minimum absolute atomic E-state index is 0.119. The molecule has 0 unspecified atom stereocenters. The number of nitrogens with one attached hydrogen (secondary N) is 2. The molecule has 0 radical (unpaired) electrons. The Balaban J connectivity index is 2.40. The maximum Gasteiger partial charge on any atom is 0.328 e. The highest BCUT2D eigenvalue weighted by atomic mass is 32.1. The molecule has 5 nitrogen and oxygen atoms in total. The predicted octanol–water partition coefficient (Wildman–Crippen LogP) is 0.725. The van der Waals surface area contributed by atoms with E-state index in [-0.39, 0.29) is 5.57 Å². The van der Waals surface area contributed by atoms with Crippen LogP contribution in [-0.4, -0.2) is 17.8 Å². The van der Waals surface area contributed by atoms with E-state index in [0.717, 1.165) is 0 Å². The number of hydrogen-bond acceptors (Lipinski definition) is 4. The van der Waals surface area contributed by atoms with Crippen LogP contribution in [0.4, 0.5) is 4.79 Å². The smallest absolute Gasteiger partial charge is 0.273 e. The zero-order valence-electron chi connectivity index (χ0n) is 8.56. The molecule has 4 amide bonds. The van der Waals surface area contributed by atoms with E-state index in [0.29, 0.717) is 10.5 Å². The number of urea groups is 1. The monoisotopic (exact) mass is 248 g/mol. The summed E-state index contributed by atoms with van der Waals surface area (Å²) in [4.78, 5) is 34.4. The lowest BCUT2D eigenvalue weighted by Crippen LogP contribution is -2.51. The molecule has 0 aromatic heterocycles. The van der Waals surface area contributed by atoms with Crippen LogP contribution < -0.4 is 10.6 Å². The fourth-order valence-electron chi connectivity index (χ4n) is 1.37. The fourth-order valence-corrected chi connectivity index (χ4v) is 1.60. The Kier molecular flexibility index (Phi) is 2.97. The van der Waals surface area contributed by atoms with Crippen molar-refractivity contribution < 1.29 is 14.4 Å². The normalized spacial score (nSPS) is 15.4. The van der Waals surface area contributed by atoms with Crippen LogP contribution in [0.15, 0.2) is 34.7 Å². The summed E-state index contributed by atoms with van der Waals surface area (Å²) in [5.41, 5.74) is 0.511. The summed E-state index contributed by atoms with van der Waals surface area (Å²) in [6.45, 7) is 0. The Morgan fingerprint density at radius 3 is 2.18 bits per heavy atom. The van der Waals surface area contributed by atoms with Crippen LogP contribution in [-0.2, 0) is 9.59 Å². The molecule has 1 aliphatic rings. The standard InChI is InChI=1S/C11H8N2O3S/c14-9-7(10(15)13-11(16)12-9)5-6-3-1-2-4-8(6)17/h1-5,17H,(H2,12,13,14,15,16). The van der Waals surface area contributed by atoms with E-state index in [1.807, 2.05) is 10.6 Å². The molecule has 0 aliphatic carbocycles. The first-order valence-electron chi connectivity index (χ1n) is 4.74. The third-order valence-electron chi connectivity index (χ3n) is 2.18. The van der Waals surface area contributed by atoms with Crippen molar-refractivity contribution in [3.05, 3.63) is 35.4 Å². The van der Waals surface area contributed by atoms with Crippen molar-refractivity contribution in [2.24, 2.45) is 0 Å². The zero-order valence-corrected chi connectivity index (χ0v) is 9.45. The molecule has 0 saturated carbocycles. The van der Waals surface area contributed by atoms with Crippen molar-refractivity contribution in [2.75, 3.05) is 0 Å². The number of benzene rings is 1. The van der Waals surface area contributed by atoms with Gasteiger partial charge < -0.3 is 0 Å². The highest BCUT2D eigenvalue weighted by molar-refractivity contribution is 7.80. The van der Waals surface area contributed by atoms with Gasteiger partial charge in [-0.2, -0.15) is 0 Å². The Morgan fingerprint density at radius 2 is 1.59 bits per heavy atom. The molecular weight excluding hydrogens is 240 g/mol. The first-order valence-corrected chi connectivity index (χ1v) is 5.19. The molecule has 1 saturated heterocycles. The van der Waals surface area contributed by atoms with E-state index >= 15 is 0 Å². The van der Waals surface area contributed by atoms with Gasteiger partial charge in [-0.15, -0.1) is 12.6 Å². The Hall–Kier alpha value is -2.08. The van der Waals surface area contributed by atoms with Crippen molar-refractivity contribution in [2.45, 2.75) is 4.90 Å². The second kappa shape index (κ2) is 4.42. The molecule has 2 rings (SSSR count). The molecule has 2 N–H and O–H groups in total. The number of rotatable bonds is 1. The van der Waals surface area contributed by atoms with Gasteiger partial charge >= 0.3 is 6.03 Å². The number of hydrogen-bond donors (Lipinski definition) is 3. The minimum atomic E-state index is -0.809. The molecule has 0 bridgehead atoms. The lowest BCUT2D eigenvalue weighted by Gasteiger charge is -2.14. The summed E-state index contributed by atoms with van der Waals surface area (Å²) < 4.78 is 0. The van der Waals surface area contributed by atoms with Gasteiger partial charge in [0.05, 0.1) is 0 Å². The van der Waals surface area contributed by atoms with Crippen LogP contribution in [0.2, 0.25) is 0 Å². The lowest BCUT2D eigenvalue weighted by atomic mass is 10.1. The van der Waals surface area contributed by atoms with Crippen molar-refractivity contribution >= 4 is 36.6 Å². The van der Waals surface area contributed by atoms with E-state index in [4.69, 9.17) is 0 Å². The van der Waals surface area contributed by atoms with Gasteiger partial charge in [-0.05, 0) is 17.7 Å². The summed E-state index contributed by atoms with van der Waals surface area (Å²) in [6.07, 6.45) is 1.39. The SMILES string of the molecule is O=C1NC(=O)C(=Cc2ccccc2S)C(=O)N1. The first-order chi connectivity index (χ1) is 8.08. The van der Waals surface area contributed by atoms with E-state index in [9.17, 15) is 14.4 Å². The van der Waals surface area contributed by atoms with Crippen LogP contribution >= 0.6 is 12.6 Å². The van der Waals surface area contributed by atoms with Gasteiger partial charge in [0, 0.05) is 4.90 Å².